The molecule has 2 nitrogen and oxygen atoms in total. The number of hydrogen-bond acceptors (Lipinski definition) is 2. The molecule has 0 heterocycles. The van der Waals surface area contributed by atoms with Crippen molar-refractivity contribution < 1.29 is 0 Å². The van der Waals surface area contributed by atoms with E-state index in [2.05, 4.69) is 17.6 Å². The number of nitrogens with zero attached hydrogens (tertiary/aromatic N) is 1. The topological polar surface area (TPSA) is 38.4 Å². The Morgan fingerprint density at radius 1 is 1.31 bits per heavy atom. The molecular formula is C9H19ClN2S. The third-order valence-electron chi connectivity index (χ3n) is 2.44. The van der Waals surface area contributed by atoms with Gasteiger partial charge >= 0.3 is 0 Å². The number of nitrogens with two attached hydrogens (primary N) is 1. The maximum Gasteiger partial charge on any atom is 0.103 e. The average Bonchev–Trinajstić information content (AvgIpc) is 2.16. The summed E-state index contributed by atoms with van der Waals surface area (Å²) in [7, 11) is 0. The lowest BCUT2D eigenvalue weighted by molar-refractivity contribution is 0.367. The van der Waals surface area contributed by atoms with E-state index in [0.29, 0.717) is 11.6 Å². The zero-order chi connectivity index (χ0) is 8.81. The van der Waals surface area contributed by atoms with Crippen LogP contribution in [0.2, 0.25) is 0 Å². The fourth-order valence-electron chi connectivity index (χ4n) is 1.67. The van der Waals surface area contributed by atoms with E-state index in [1.54, 1.807) is 0 Å². The van der Waals surface area contributed by atoms with E-state index >= 15 is 0 Å². The Hall–Kier alpha value is 0.110. The van der Waals surface area contributed by atoms with E-state index in [9.17, 15) is 0 Å². The molecule has 13 heavy (non-hydrogen) atoms. The molecule has 78 valence electrons. The van der Waals surface area contributed by atoms with Gasteiger partial charge in [-0.05, 0) is 18.8 Å². The van der Waals surface area contributed by atoms with Crippen molar-refractivity contribution in [1.82, 2.24) is 0 Å². The van der Waals surface area contributed by atoms with Gasteiger partial charge in [0.15, 0.2) is 0 Å². The molecule has 1 aliphatic rings. The number of hydrogen-bond donors (Lipinski definition) is 2. The summed E-state index contributed by atoms with van der Waals surface area (Å²) in [4.78, 5) is 4.28. The van der Waals surface area contributed by atoms with Crippen LogP contribution >= 0.6 is 25.0 Å². The number of halogens is 1. The van der Waals surface area contributed by atoms with Crippen molar-refractivity contribution in [2.45, 2.75) is 32.1 Å². The van der Waals surface area contributed by atoms with E-state index in [1.807, 2.05) is 0 Å². The molecular weight excluding hydrogens is 204 g/mol. The molecule has 4 heteroatoms. The highest BCUT2D eigenvalue weighted by atomic mass is 35.5. The fourth-order valence-corrected chi connectivity index (χ4v) is 1.77. The van der Waals surface area contributed by atoms with Crippen LogP contribution in [0.1, 0.15) is 32.1 Å². The highest BCUT2D eigenvalue weighted by Crippen LogP contribution is 2.23. The van der Waals surface area contributed by atoms with Gasteiger partial charge in [0.1, 0.15) is 5.84 Å². The lowest BCUT2D eigenvalue weighted by atomic mass is 9.89. The predicted molar refractivity (Wildman–Crippen MR) is 64.2 cm³/mol. The molecule has 0 amide bonds. The minimum absolute atomic E-state index is 0. The first-order valence-corrected chi connectivity index (χ1v) is 5.36. The van der Waals surface area contributed by atoms with E-state index < -0.39 is 0 Å². The summed E-state index contributed by atoms with van der Waals surface area (Å²) < 4.78 is 0. The first-order chi connectivity index (χ1) is 5.83. The Kier molecular flexibility index (Phi) is 7.57. The van der Waals surface area contributed by atoms with Crippen molar-refractivity contribution in [2.24, 2.45) is 16.6 Å². The SMILES string of the molecule is Cl.NC(CS)=NCC1CCCCC1. The van der Waals surface area contributed by atoms with Crippen LogP contribution in [0.4, 0.5) is 0 Å². The zero-order valence-corrected chi connectivity index (χ0v) is 9.62. The Morgan fingerprint density at radius 2 is 1.92 bits per heavy atom. The van der Waals surface area contributed by atoms with Gasteiger partial charge in [-0.3, -0.25) is 4.99 Å². The van der Waals surface area contributed by atoms with Gasteiger partial charge in [0.2, 0.25) is 0 Å². The van der Waals surface area contributed by atoms with Gasteiger partial charge in [-0.25, -0.2) is 0 Å². The van der Waals surface area contributed by atoms with E-state index in [-0.39, 0.29) is 12.4 Å². The van der Waals surface area contributed by atoms with Crippen LogP contribution in [-0.4, -0.2) is 18.1 Å². The molecule has 0 aromatic heterocycles. The molecule has 0 unspecified atom stereocenters. The summed E-state index contributed by atoms with van der Waals surface area (Å²) >= 11 is 4.06. The molecule has 1 saturated carbocycles. The first kappa shape index (κ1) is 13.1. The monoisotopic (exact) mass is 222 g/mol. The molecule has 0 saturated heterocycles. The molecule has 0 spiro atoms. The van der Waals surface area contributed by atoms with E-state index in [1.165, 1.54) is 32.1 Å². The lowest BCUT2D eigenvalue weighted by Gasteiger charge is -2.19. The number of amidine groups is 1. The molecule has 0 aromatic carbocycles. The highest BCUT2D eigenvalue weighted by molar-refractivity contribution is 7.81. The molecule has 0 atom stereocenters. The third kappa shape index (κ3) is 5.42. The van der Waals surface area contributed by atoms with E-state index in [0.717, 1.165) is 12.5 Å². The van der Waals surface area contributed by atoms with Gasteiger partial charge in [-0.1, -0.05) is 19.3 Å². The van der Waals surface area contributed by atoms with Crippen LogP contribution in [0.3, 0.4) is 0 Å². The second kappa shape index (κ2) is 7.51. The maximum absolute atomic E-state index is 5.56. The highest BCUT2D eigenvalue weighted by Gasteiger charge is 2.12. The van der Waals surface area contributed by atoms with Crippen molar-refractivity contribution >= 4 is 30.9 Å². The van der Waals surface area contributed by atoms with Crippen molar-refractivity contribution in [3.05, 3.63) is 0 Å². The average molecular weight is 223 g/mol. The van der Waals surface area contributed by atoms with Crippen LogP contribution in [0.15, 0.2) is 4.99 Å². The Balaban J connectivity index is 0.00000144. The Labute approximate surface area is 92.2 Å². The van der Waals surface area contributed by atoms with Gasteiger partial charge in [-0.15, -0.1) is 12.4 Å². The van der Waals surface area contributed by atoms with Gasteiger partial charge < -0.3 is 5.73 Å². The van der Waals surface area contributed by atoms with Crippen molar-refractivity contribution in [1.29, 1.82) is 0 Å². The van der Waals surface area contributed by atoms with Crippen molar-refractivity contribution in [3.8, 4) is 0 Å². The largest absolute Gasteiger partial charge is 0.387 e. The number of thiol groups is 1. The quantitative estimate of drug-likeness (QED) is 0.429. The maximum atomic E-state index is 5.56. The summed E-state index contributed by atoms with van der Waals surface area (Å²) in [6, 6.07) is 0. The normalized spacial score (nSPS) is 19.6. The van der Waals surface area contributed by atoms with Crippen molar-refractivity contribution in [2.75, 3.05) is 12.3 Å². The molecule has 0 radical (unpaired) electrons. The van der Waals surface area contributed by atoms with Crippen LogP contribution in [0.5, 0.6) is 0 Å². The van der Waals surface area contributed by atoms with Crippen LogP contribution in [0.25, 0.3) is 0 Å². The molecule has 1 rings (SSSR count). The van der Waals surface area contributed by atoms with Gasteiger partial charge in [0.05, 0.1) is 0 Å². The van der Waals surface area contributed by atoms with Crippen LogP contribution in [0, 0.1) is 5.92 Å². The summed E-state index contributed by atoms with van der Waals surface area (Å²) in [6.07, 6.45) is 6.83. The number of rotatable bonds is 3. The number of aliphatic imine (C=N–C) groups is 1. The van der Waals surface area contributed by atoms with Crippen LogP contribution < -0.4 is 5.73 Å². The first-order valence-electron chi connectivity index (χ1n) is 4.72. The van der Waals surface area contributed by atoms with E-state index in [4.69, 9.17) is 5.73 Å². The Bertz CT molecular complexity index is 156. The summed E-state index contributed by atoms with van der Waals surface area (Å²) in [5, 5.41) is 0. The van der Waals surface area contributed by atoms with Gasteiger partial charge in [-0.2, -0.15) is 12.6 Å². The van der Waals surface area contributed by atoms with Crippen molar-refractivity contribution in [3.63, 3.8) is 0 Å². The molecule has 0 bridgehead atoms. The molecule has 1 fully saturated rings. The smallest absolute Gasteiger partial charge is 0.103 e. The third-order valence-corrected chi connectivity index (χ3v) is 2.76. The minimum Gasteiger partial charge on any atom is -0.387 e. The predicted octanol–water partition coefficient (Wildman–Crippen LogP) is 2.28. The van der Waals surface area contributed by atoms with Gasteiger partial charge in [0, 0.05) is 12.3 Å². The Morgan fingerprint density at radius 3 is 2.46 bits per heavy atom. The second-order valence-electron chi connectivity index (χ2n) is 3.49. The standard InChI is InChI=1S/C9H18N2S.ClH/c10-9(7-12)11-6-8-4-2-1-3-5-8;/h8,12H,1-7H2,(H2,10,11);1H. The molecule has 0 aromatic rings. The fraction of sp³-hybridized carbons (Fsp3) is 0.889. The second-order valence-corrected chi connectivity index (χ2v) is 3.81. The zero-order valence-electron chi connectivity index (χ0n) is 7.91. The summed E-state index contributed by atoms with van der Waals surface area (Å²) in [5.41, 5.74) is 5.56. The molecule has 0 aliphatic heterocycles. The molecule has 2 N–H and O–H groups in total. The molecule has 1 aliphatic carbocycles. The lowest BCUT2D eigenvalue weighted by Crippen LogP contribution is -2.17. The summed E-state index contributed by atoms with van der Waals surface area (Å²) in [5.74, 6) is 2.06. The summed E-state index contributed by atoms with van der Waals surface area (Å²) in [6.45, 7) is 0.923. The van der Waals surface area contributed by atoms with Crippen LogP contribution in [-0.2, 0) is 0 Å². The minimum atomic E-state index is 0. The van der Waals surface area contributed by atoms with Gasteiger partial charge in [0.25, 0.3) is 0 Å².